The summed E-state index contributed by atoms with van der Waals surface area (Å²) in [4.78, 5) is 16.2. The molecular formula is C16H13ClN4O2S2. The number of thioether (sulfide) groups is 1. The van der Waals surface area contributed by atoms with Crippen LogP contribution in [0.4, 0.5) is 5.69 Å². The Morgan fingerprint density at radius 3 is 2.84 bits per heavy atom. The number of carbonyl (C=O) groups excluding carboxylic acids is 1. The topological polar surface area (TPSA) is 79.2 Å². The van der Waals surface area contributed by atoms with Crippen LogP contribution in [0.3, 0.4) is 0 Å². The molecule has 2 aromatic carbocycles. The third kappa shape index (κ3) is 5.09. The maximum absolute atomic E-state index is 11.9. The van der Waals surface area contributed by atoms with Gasteiger partial charge in [0.1, 0.15) is 5.52 Å². The third-order valence-electron chi connectivity index (χ3n) is 3.00. The fourth-order valence-corrected chi connectivity index (χ4v) is 2.93. The van der Waals surface area contributed by atoms with E-state index in [0.717, 1.165) is 11.2 Å². The number of rotatable bonds is 4. The van der Waals surface area contributed by atoms with E-state index in [9.17, 15) is 4.79 Å². The maximum Gasteiger partial charge on any atom is 0.257 e. The molecule has 9 heteroatoms. The number of nitrogens with zero attached hydrogens (tertiary/aromatic N) is 1. The number of hydrogen-bond acceptors (Lipinski definition) is 5. The van der Waals surface area contributed by atoms with Gasteiger partial charge < -0.3 is 9.73 Å². The van der Waals surface area contributed by atoms with Gasteiger partial charge in [-0.15, -0.1) is 0 Å². The van der Waals surface area contributed by atoms with Gasteiger partial charge >= 0.3 is 0 Å². The number of benzene rings is 2. The summed E-state index contributed by atoms with van der Waals surface area (Å²) in [5, 5.41) is 4.20. The van der Waals surface area contributed by atoms with Crippen molar-refractivity contribution in [1.82, 2.24) is 15.8 Å². The van der Waals surface area contributed by atoms with Crippen molar-refractivity contribution >= 4 is 63.4 Å². The molecule has 3 aromatic rings. The van der Waals surface area contributed by atoms with Gasteiger partial charge in [0.2, 0.25) is 5.91 Å². The van der Waals surface area contributed by atoms with Crippen molar-refractivity contribution in [2.24, 2.45) is 0 Å². The van der Waals surface area contributed by atoms with E-state index in [2.05, 4.69) is 21.2 Å². The van der Waals surface area contributed by atoms with Crippen LogP contribution >= 0.6 is 35.6 Å². The Morgan fingerprint density at radius 2 is 2.04 bits per heavy atom. The van der Waals surface area contributed by atoms with Gasteiger partial charge in [0.25, 0.3) is 5.22 Å². The Bertz CT molecular complexity index is 883. The minimum Gasteiger partial charge on any atom is -0.431 e. The highest BCUT2D eigenvalue weighted by atomic mass is 35.5. The molecule has 0 spiro atoms. The zero-order chi connectivity index (χ0) is 17.6. The van der Waals surface area contributed by atoms with Gasteiger partial charge in [-0.1, -0.05) is 41.6 Å². The van der Waals surface area contributed by atoms with Gasteiger partial charge in [0.15, 0.2) is 10.7 Å². The summed E-state index contributed by atoms with van der Waals surface area (Å²) in [6.07, 6.45) is 0. The molecular weight excluding hydrogens is 380 g/mol. The largest absolute Gasteiger partial charge is 0.431 e. The molecule has 0 atom stereocenters. The number of aromatic nitrogens is 1. The normalized spacial score (nSPS) is 10.4. The van der Waals surface area contributed by atoms with Crippen LogP contribution in [0.25, 0.3) is 11.1 Å². The molecule has 0 aliphatic heterocycles. The van der Waals surface area contributed by atoms with E-state index in [1.165, 1.54) is 11.8 Å². The van der Waals surface area contributed by atoms with Crippen LogP contribution in [0.1, 0.15) is 0 Å². The summed E-state index contributed by atoms with van der Waals surface area (Å²) >= 11 is 12.2. The number of anilines is 1. The summed E-state index contributed by atoms with van der Waals surface area (Å²) in [7, 11) is 0. The van der Waals surface area contributed by atoms with Crippen LogP contribution < -0.4 is 16.2 Å². The van der Waals surface area contributed by atoms with E-state index in [-0.39, 0.29) is 16.8 Å². The van der Waals surface area contributed by atoms with Crippen molar-refractivity contribution in [2.45, 2.75) is 5.22 Å². The minimum atomic E-state index is -0.262. The van der Waals surface area contributed by atoms with Gasteiger partial charge in [-0.2, -0.15) is 0 Å². The summed E-state index contributed by atoms with van der Waals surface area (Å²) < 4.78 is 5.54. The number of nitrogens with one attached hydrogen (secondary N) is 3. The quantitative estimate of drug-likeness (QED) is 0.355. The smallest absolute Gasteiger partial charge is 0.257 e. The fourth-order valence-electron chi connectivity index (χ4n) is 1.93. The average molecular weight is 393 g/mol. The molecule has 0 radical (unpaired) electrons. The lowest BCUT2D eigenvalue weighted by Crippen LogP contribution is -2.44. The maximum atomic E-state index is 11.9. The van der Waals surface area contributed by atoms with Crippen molar-refractivity contribution in [1.29, 1.82) is 0 Å². The molecule has 0 fully saturated rings. The number of fused-ring (bicyclic) bond motifs is 1. The highest BCUT2D eigenvalue weighted by Crippen LogP contribution is 2.22. The van der Waals surface area contributed by atoms with Crippen LogP contribution in [0, 0.1) is 0 Å². The molecule has 1 heterocycles. The number of amides is 1. The van der Waals surface area contributed by atoms with Crippen LogP contribution in [-0.4, -0.2) is 21.8 Å². The first kappa shape index (κ1) is 17.5. The van der Waals surface area contributed by atoms with Gasteiger partial charge in [0.05, 0.1) is 5.75 Å². The van der Waals surface area contributed by atoms with Gasteiger partial charge in [0, 0.05) is 10.7 Å². The first-order valence-corrected chi connectivity index (χ1v) is 8.97. The predicted octanol–water partition coefficient (Wildman–Crippen LogP) is 3.59. The standard InChI is InChI=1S/C16H13ClN4O2S2/c17-10-4-3-5-11(8-10)18-15(24)21-20-14(22)9-25-16-19-12-6-1-2-7-13(12)23-16/h1-8H,9H2,(H,20,22)(H2,18,21,24). The lowest BCUT2D eigenvalue weighted by molar-refractivity contribution is -0.119. The Balaban J connectivity index is 1.43. The molecule has 1 amide bonds. The summed E-state index contributed by atoms with van der Waals surface area (Å²) in [5.74, 6) is -0.123. The Morgan fingerprint density at radius 1 is 1.20 bits per heavy atom. The number of hydrazine groups is 1. The van der Waals surface area contributed by atoms with Crippen LogP contribution in [0.15, 0.2) is 58.2 Å². The lowest BCUT2D eigenvalue weighted by Gasteiger charge is -2.11. The van der Waals surface area contributed by atoms with E-state index < -0.39 is 0 Å². The van der Waals surface area contributed by atoms with Crippen molar-refractivity contribution in [3.8, 4) is 0 Å². The second kappa shape index (κ2) is 8.19. The molecule has 0 aliphatic rings. The van der Waals surface area contributed by atoms with Crippen LogP contribution in [0.2, 0.25) is 5.02 Å². The van der Waals surface area contributed by atoms with Crippen molar-refractivity contribution in [3.05, 3.63) is 53.6 Å². The molecule has 25 heavy (non-hydrogen) atoms. The zero-order valence-corrected chi connectivity index (χ0v) is 15.2. The number of oxazole rings is 1. The molecule has 0 aliphatic carbocycles. The van der Waals surface area contributed by atoms with E-state index in [1.807, 2.05) is 30.3 Å². The average Bonchev–Trinajstić information content (AvgIpc) is 3.01. The van der Waals surface area contributed by atoms with Gasteiger partial charge in [-0.3, -0.25) is 15.6 Å². The summed E-state index contributed by atoms with van der Waals surface area (Å²) in [6.45, 7) is 0. The molecule has 1 aromatic heterocycles. The summed E-state index contributed by atoms with van der Waals surface area (Å²) in [6, 6.07) is 14.5. The molecule has 0 bridgehead atoms. The first-order chi connectivity index (χ1) is 12.1. The second-order valence-corrected chi connectivity index (χ2v) is 6.65. The zero-order valence-electron chi connectivity index (χ0n) is 12.8. The third-order valence-corrected chi connectivity index (χ3v) is 4.27. The SMILES string of the molecule is O=C(CSc1nc2ccccc2o1)NNC(=S)Nc1cccc(Cl)c1. The molecule has 0 saturated carbocycles. The van der Waals surface area contributed by atoms with E-state index in [4.69, 9.17) is 28.2 Å². The molecule has 6 nitrogen and oxygen atoms in total. The second-order valence-electron chi connectivity index (χ2n) is 4.87. The lowest BCUT2D eigenvalue weighted by atomic mass is 10.3. The van der Waals surface area contributed by atoms with E-state index in [1.54, 1.807) is 18.2 Å². The number of hydrogen-bond donors (Lipinski definition) is 3. The van der Waals surface area contributed by atoms with Gasteiger partial charge in [-0.25, -0.2) is 4.98 Å². The minimum absolute atomic E-state index is 0.138. The van der Waals surface area contributed by atoms with Crippen LogP contribution in [0.5, 0.6) is 0 Å². The molecule has 3 N–H and O–H groups in total. The van der Waals surface area contributed by atoms with Gasteiger partial charge in [-0.05, 0) is 42.5 Å². The number of halogens is 1. The Hall–Kier alpha value is -2.29. The first-order valence-electron chi connectivity index (χ1n) is 7.20. The molecule has 0 unspecified atom stereocenters. The molecule has 128 valence electrons. The Labute approximate surface area is 158 Å². The highest BCUT2D eigenvalue weighted by molar-refractivity contribution is 7.99. The number of carbonyl (C=O) groups is 1. The highest BCUT2D eigenvalue weighted by Gasteiger charge is 2.09. The van der Waals surface area contributed by atoms with Crippen molar-refractivity contribution in [3.63, 3.8) is 0 Å². The van der Waals surface area contributed by atoms with Crippen molar-refractivity contribution in [2.75, 3.05) is 11.1 Å². The number of thiocarbonyl (C=S) groups is 1. The van der Waals surface area contributed by atoms with E-state index in [0.29, 0.717) is 15.8 Å². The number of para-hydroxylation sites is 2. The molecule has 3 rings (SSSR count). The monoisotopic (exact) mass is 392 g/mol. The predicted molar refractivity (Wildman–Crippen MR) is 104 cm³/mol. The fraction of sp³-hybridized carbons (Fsp3) is 0.0625. The van der Waals surface area contributed by atoms with Crippen molar-refractivity contribution < 1.29 is 9.21 Å². The summed E-state index contributed by atoms with van der Waals surface area (Å²) in [5.41, 5.74) is 7.30. The van der Waals surface area contributed by atoms with E-state index >= 15 is 0 Å². The van der Waals surface area contributed by atoms with Crippen LogP contribution in [-0.2, 0) is 4.79 Å². The Kier molecular flexibility index (Phi) is 5.75. The molecule has 0 saturated heterocycles.